The fourth-order valence-electron chi connectivity index (χ4n) is 2.89. The van der Waals surface area contributed by atoms with Crippen LogP contribution in [0.5, 0.6) is 11.5 Å². The van der Waals surface area contributed by atoms with Gasteiger partial charge in [0.2, 0.25) is 0 Å². The quantitative estimate of drug-likeness (QED) is 0.277. The summed E-state index contributed by atoms with van der Waals surface area (Å²) in [7, 11) is 1.49. The molecular formula is C25H19Cl3N2O3. The first-order chi connectivity index (χ1) is 15.8. The standard InChI is InChI=1S/C25H19Cl3N2O3/c1-15-3-5-16(6-4-15)14-33-24-22(28)10-17(11-23(24)32-2)9-18(13-29)25(31)30-19-7-8-20(26)21(27)12-19/h3-12H,14H2,1-2H3,(H,30,31)/b18-9+. The van der Waals surface area contributed by atoms with Crippen molar-refractivity contribution in [3.05, 3.63) is 91.9 Å². The van der Waals surface area contributed by atoms with Gasteiger partial charge in [0.15, 0.2) is 11.5 Å². The first kappa shape index (κ1) is 24.5. The van der Waals surface area contributed by atoms with E-state index in [0.29, 0.717) is 34.4 Å². The molecule has 0 radical (unpaired) electrons. The molecule has 8 heteroatoms. The highest BCUT2D eigenvalue weighted by Crippen LogP contribution is 2.37. The second-order valence-corrected chi connectivity index (χ2v) is 8.28. The molecule has 0 aromatic heterocycles. The Bertz CT molecular complexity index is 1250. The predicted molar refractivity (Wildman–Crippen MR) is 132 cm³/mol. The minimum atomic E-state index is -0.606. The van der Waals surface area contributed by atoms with E-state index < -0.39 is 5.91 Å². The van der Waals surface area contributed by atoms with Crippen LogP contribution in [0.4, 0.5) is 5.69 Å². The molecular weight excluding hydrogens is 483 g/mol. The minimum absolute atomic E-state index is 0.132. The summed E-state index contributed by atoms with van der Waals surface area (Å²) in [5.41, 5.74) is 2.91. The van der Waals surface area contributed by atoms with Gasteiger partial charge >= 0.3 is 0 Å². The Morgan fingerprint density at radius 1 is 1.03 bits per heavy atom. The number of nitrogens with one attached hydrogen (secondary N) is 1. The van der Waals surface area contributed by atoms with E-state index >= 15 is 0 Å². The van der Waals surface area contributed by atoms with Crippen molar-refractivity contribution in [3.8, 4) is 17.6 Å². The maximum atomic E-state index is 12.6. The Morgan fingerprint density at radius 3 is 2.39 bits per heavy atom. The van der Waals surface area contributed by atoms with Crippen molar-refractivity contribution >= 4 is 52.5 Å². The number of rotatable bonds is 7. The van der Waals surface area contributed by atoms with E-state index in [4.69, 9.17) is 44.3 Å². The molecule has 0 bridgehead atoms. The second kappa shape index (κ2) is 11.1. The third-order valence-electron chi connectivity index (χ3n) is 4.61. The molecule has 0 fully saturated rings. The largest absolute Gasteiger partial charge is 0.493 e. The van der Waals surface area contributed by atoms with Crippen LogP contribution < -0.4 is 14.8 Å². The summed E-state index contributed by atoms with van der Waals surface area (Å²) in [4.78, 5) is 12.6. The summed E-state index contributed by atoms with van der Waals surface area (Å²) in [6.07, 6.45) is 1.41. The molecule has 168 valence electrons. The van der Waals surface area contributed by atoms with E-state index in [2.05, 4.69) is 5.32 Å². The SMILES string of the molecule is COc1cc(/C=C(\C#N)C(=O)Nc2ccc(Cl)c(Cl)c2)cc(Cl)c1OCc1ccc(C)cc1. The number of nitrogens with zero attached hydrogens (tertiary/aromatic N) is 1. The number of hydrogen-bond acceptors (Lipinski definition) is 4. The van der Waals surface area contributed by atoms with Crippen LogP contribution >= 0.6 is 34.8 Å². The maximum absolute atomic E-state index is 12.6. The van der Waals surface area contributed by atoms with Crippen LogP contribution in [0.15, 0.2) is 60.2 Å². The third kappa shape index (κ3) is 6.43. The topological polar surface area (TPSA) is 71.3 Å². The molecule has 0 aliphatic rings. The summed E-state index contributed by atoms with van der Waals surface area (Å²) in [5.74, 6) is 0.143. The van der Waals surface area contributed by atoms with Gasteiger partial charge in [-0.15, -0.1) is 0 Å². The third-order valence-corrected chi connectivity index (χ3v) is 5.63. The van der Waals surface area contributed by atoms with Gasteiger partial charge in [-0.25, -0.2) is 0 Å². The highest BCUT2D eigenvalue weighted by Gasteiger charge is 2.15. The van der Waals surface area contributed by atoms with Crippen LogP contribution in [0.25, 0.3) is 6.08 Å². The highest BCUT2D eigenvalue weighted by atomic mass is 35.5. The van der Waals surface area contributed by atoms with E-state index in [-0.39, 0.29) is 15.6 Å². The van der Waals surface area contributed by atoms with Crippen molar-refractivity contribution < 1.29 is 14.3 Å². The number of ether oxygens (including phenoxy) is 2. The molecule has 1 amide bonds. The summed E-state index contributed by atoms with van der Waals surface area (Å²) in [6.45, 7) is 2.32. The molecule has 3 aromatic rings. The zero-order valence-electron chi connectivity index (χ0n) is 17.8. The summed E-state index contributed by atoms with van der Waals surface area (Å²) >= 11 is 18.3. The molecule has 1 N–H and O–H groups in total. The molecule has 33 heavy (non-hydrogen) atoms. The summed E-state index contributed by atoms with van der Waals surface area (Å²) in [5, 5.41) is 13.0. The molecule has 5 nitrogen and oxygen atoms in total. The number of nitriles is 1. The van der Waals surface area contributed by atoms with Crippen molar-refractivity contribution in [1.82, 2.24) is 0 Å². The van der Waals surface area contributed by atoms with Crippen molar-refractivity contribution in [3.63, 3.8) is 0 Å². The Labute approximate surface area is 207 Å². The average molecular weight is 502 g/mol. The van der Waals surface area contributed by atoms with E-state index in [9.17, 15) is 10.1 Å². The van der Waals surface area contributed by atoms with Gasteiger partial charge in [0.05, 0.1) is 22.2 Å². The average Bonchev–Trinajstić information content (AvgIpc) is 2.79. The first-order valence-electron chi connectivity index (χ1n) is 9.74. The van der Waals surface area contributed by atoms with Crippen LogP contribution in [-0.2, 0) is 11.4 Å². The number of carbonyl (C=O) groups is 1. The Balaban J connectivity index is 1.81. The fraction of sp³-hybridized carbons (Fsp3) is 0.120. The molecule has 0 aliphatic heterocycles. The predicted octanol–water partition coefficient (Wildman–Crippen LogP) is 7.09. The van der Waals surface area contributed by atoms with Crippen molar-refractivity contribution in [2.75, 3.05) is 12.4 Å². The normalized spacial score (nSPS) is 11.0. The Kier molecular flexibility index (Phi) is 8.24. The smallest absolute Gasteiger partial charge is 0.266 e. The molecule has 0 spiro atoms. The summed E-state index contributed by atoms with van der Waals surface area (Å²) < 4.78 is 11.3. The lowest BCUT2D eigenvalue weighted by Gasteiger charge is -2.14. The molecule has 3 aromatic carbocycles. The maximum Gasteiger partial charge on any atom is 0.266 e. The highest BCUT2D eigenvalue weighted by molar-refractivity contribution is 6.42. The number of benzene rings is 3. The van der Waals surface area contributed by atoms with Crippen molar-refractivity contribution in [1.29, 1.82) is 5.26 Å². The molecule has 0 aliphatic carbocycles. The van der Waals surface area contributed by atoms with E-state index in [1.54, 1.807) is 24.3 Å². The fourth-order valence-corrected chi connectivity index (χ4v) is 3.46. The number of carbonyl (C=O) groups excluding carboxylic acids is 1. The summed E-state index contributed by atoms with van der Waals surface area (Å²) in [6, 6.07) is 17.7. The van der Waals surface area contributed by atoms with Crippen molar-refractivity contribution in [2.24, 2.45) is 0 Å². The van der Waals surface area contributed by atoms with Gasteiger partial charge in [-0.05, 0) is 54.5 Å². The Hall–Kier alpha value is -3.17. The molecule has 0 unspecified atom stereocenters. The van der Waals surface area contributed by atoms with Crippen LogP contribution in [0, 0.1) is 18.3 Å². The number of anilines is 1. The molecule has 3 rings (SSSR count). The molecule has 0 saturated carbocycles. The van der Waals surface area contributed by atoms with E-state index in [0.717, 1.165) is 11.1 Å². The van der Waals surface area contributed by atoms with Gasteiger partial charge in [-0.2, -0.15) is 5.26 Å². The molecule has 0 atom stereocenters. The van der Waals surface area contributed by atoms with E-state index in [1.165, 1.54) is 19.3 Å². The number of amides is 1. The van der Waals surface area contributed by atoms with Crippen LogP contribution in [0.1, 0.15) is 16.7 Å². The lowest BCUT2D eigenvalue weighted by Crippen LogP contribution is -2.13. The van der Waals surface area contributed by atoms with E-state index in [1.807, 2.05) is 37.3 Å². The zero-order valence-corrected chi connectivity index (χ0v) is 20.1. The number of methoxy groups -OCH3 is 1. The monoisotopic (exact) mass is 500 g/mol. The second-order valence-electron chi connectivity index (χ2n) is 7.06. The van der Waals surface area contributed by atoms with Gasteiger partial charge in [0.25, 0.3) is 5.91 Å². The lowest BCUT2D eigenvalue weighted by atomic mass is 10.1. The molecule has 0 heterocycles. The molecule has 0 saturated heterocycles. The Morgan fingerprint density at radius 2 is 1.76 bits per heavy atom. The van der Waals surface area contributed by atoms with Crippen molar-refractivity contribution in [2.45, 2.75) is 13.5 Å². The zero-order chi connectivity index (χ0) is 24.0. The van der Waals surface area contributed by atoms with Gasteiger partial charge in [0.1, 0.15) is 18.2 Å². The van der Waals surface area contributed by atoms with Gasteiger partial charge in [-0.3, -0.25) is 4.79 Å². The van der Waals surface area contributed by atoms with Gasteiger partial charge in [0, 0.05) is 5.69 Å². The van der Waals surface area contributed by atoms with Gasteiger partial charge in [-0.1, -0.05) is 64.6 Å². The van der Waals surface area contributed by atoms with Crippen LogP contribution in [0.2, 0.25) is 15.1 Å². The first-order valence-corrected chi connectivity index (χ1v) is 10.9. The number of hydrogen-bond donors (Lipinski definition) is 1. The van der Waals surface area contributed by atoms with Crippen LogP contribution in [0.3, 0.4) is 0 Å². The van der Waals surface area contributed by atoms with Crippen LogP contribution in [-0.4, -0.2) is 13.0 Å². The van der Waals surface area contributed by atoms with Gasteiger partial charge < -0.3 is 14.8 Å². The number of halogens is 3. The number of aryl methyl sites for hydroxylation is 1. The lowest BCUT2D eigenvalue weighted by molar-refractivity contribution is -0.112. The minimum Gasteiger partial charge on any atom is -0.493 e.